The third-order valence-electron chi connectivity index (χ3n) is 4.91. The maximum absolute atomic E-state index is 12.4. The van der Waals surface area contributed by atoms with E-state index in [0.29, 0.717) is 24.3 Å². The van der Waals surface area contributed by atoms with Crippen LogP contribution < -0.4 is 5.32 Å². The summed E-state index contributed by atoms with van der Waals surface area (Å²) in [5.74, 6) is 1.76. The van der Waals surface area contributed by atoms with Gasteiger partial charge in [0.25, 0.3) is 0 Å². The zero-order chi connectivity index (χ0) is 14.5. The molecule has 2 atom stereocenters. The molecule has 0 bridgehead atoms. The van der Waals surface area contributed by atoms with Crippen molar-refractivity contribution in [3.8, 4) is 0 Å². The van der Waals surface area contributed by atoms with Crippen LogP contribution in [0.5, 0.6) is 0 Å². The average molecular weight is 281 g/mol. The Labute approximate surface area is 123 Å². The van der Waals surface area contributed by atoms with Crippen LogP contribution in [0.25, 0.3) is 0 Å². The highest BCUT2D eigenvalue weighted by Crippen LogP contribution is 2.22. The van der Waals surface area contributed by atoms with Gasteiger partial charge in [-0.1, -0.05) is 6.92 Å². The Balaban J connectivity index is 1.74. The summed E-state index contributed by atoms with van der Waals surface area (Å²) in [4.78, 5) is 16.8. The first-order valence-corrected chi connectivity index (χ1v) is 8.22. The highest BCUT2D eigenvalue weighted by atomic mass is 16.2. The van der Waals surface area contributed by atoms with Crippen LogP contribution in [0.4, 0.5) is 0 Å². The summed E-state index contributed by atoms with van der Waals surface area (Å²) in [5, 5.41) is 3.52. The summed E-state index contributed by atoms with van der Waals surface area (Å²) in [7, 11) is 4.27. The molecule has 2 heterocycles. The van der Waals surface area contributed by atoms with Crippen LogP contribution in [-0.2, 0) is 4.79 Å². The summed E-state index contributed by atoms with van der Waals surface area (Å²) < 4.78 is 0. The number of carbonyl (C=O) groups excluding carboxylic acids is 1. The summed E-state index contributed by atoms with van der Waals surface area (Å²) in [6.07, 6.45) is 5.53. The van der Waals surface area contributed by atoms with E-state index in [1.54, 1.807) is 0 Å². The molecule has 4 nitrogen and oxygen atoms in total. The molecule has 2 rings (SSSR count). The molecule has 0 aromatic heterocycles. The molecule has 1 N–H and O–H groups in total. The number of likely N-dealkylation sites (tertiary alicyclic amines) is 1. The van der Waals surface area contributed by atoms with E-state index in [0.717, 1.165) is 44.9 Å². The topological polar surface area (TPSA) is 35.6 Å². The Morgan fingerprint density at radius 2 is 1.95 bits per heavy atom. The molecule has 0 radical (unpaired) electrons. The van der Waals surface area contributed by atoms with E-state index in [1.807, 2.05) is 0 Å². The molecule has 2 unspecified atom stereocenters. The Morgan fingerprint density at radius 1 is 1.25 bits per heavy atom. The Kier molecular flexibility index (Phi) is 5.85. The van der Waals surface area contributed by atoms with Crippen LogP contribution >= 0.6 is 0 Å². The third kappa shape index (κ3) is 4.45. The SMILES string of the molecule is CC1CCCNC1CC(=O)N1CCC(CN(C)C)CC1. The minimum atomic E-state index is 0.361. The second-order valence-electron chi connectivity index (χ2n) is 6.97. The molecule has 1 amide bonds. The molecule has 2 fully saturated rings. The highest BCUT2D eigenvalue weighted by molar-refractivity contribution is 5.77. The van der Waals surface area contributed by atoms with Gasteiger partial charge >= 0.3 is 0 Å². The maximum Gasteiger partial charge on any atom is 0.224 e. The van der Waals surface area contributed by atoms with Crippen molar-refractivity contribution in [2.45, 2.75) is 45.1 Å². The minimum Gasteiger partial charge on any atom is -0.343 e. The number of hydrogen-bond donors (Lipinski definition) is 1. The fraction of sp³-hybridized carbons (Fsp3) is 0.938. The Morgan fingerprint density at radius 3 is 2.55 bits per heavy atom. The lowest BCUT2D eigenvalue weighted by molar-refractivity contribution is -0.133. The van der Waals surface area contributed by atoms with Crippen molar-refractivity contribution < 1.29 is 4.79 Å². The number of piperidine rings is 2. The molecule has 0 aromatic carbocycles. The molecule has 0 spiro atoms. The molecule has 116 valence electrons. The zero-order valence-electron chi connectivity index (χ0n) is 13.4. The monoisotopic (exact) mass is 281 g/mol. The molecule has 0 aliphatic carbocycles. The first-order chi connectivity index (χ1) is 9.56. The second kappa shape index (κ2) is 7.41. The van der Waals surface area contributed by atoms with Crippen molar-refractivity contribution in [3.05, 3.63) is 0 Å². The van der Waals surface area contributed by atoms with E-state index in [4.69, 9.17) is 0 Å². The largest absolute Gasteiger partial charge is 0.343 e. The van der Waals surface area contributed by atoms with Gasteiger partial charge in [-0.2, -0.15) is 0 Å². The standard InChI is InChI=1S/C16H31N3O/c1-13-5-4-8-17-15(13)11-16(20)19-9-6-14(7-10-19)12-18(2)3/h13-15,17H,4-12H2,1-3H3. The summed E-state index contributed by atoms with van der Waals surface area (Å²) in [6.45, 7) is 6.42. The van der Waals surface area contributed by atoms with Crippen LogP contribution in [0.2, 0.25) is 0 Å². The van der Waals surface area contributed by atoms with E-state index >= 15 is 0 Å². The molecular weight excluding hydrogens is 250 g/mol. The smallest absolute Gasteiger partial charge is 0.224 e. The molecular formula is C16H31N3O. The molecule has 2 aliphatic rings. The maximum atomic E-state index is 12.4. The van der Waals surface area contributed by atoms with Gasteiger partial charge in [0.15, 0.2) is 0 Å². The lowest BCUT2D eigenvalue weighted by Crippen LogP contribution is -2.46. The quantitative estimate of drug-likeness (QED) is 0.849. The molecule has 20 heavy (non-hydrogen) atoms. The van der Waals surface area contributed by atoms with Crippen molar-refractivity contribution in [1.82, 2.24) is 15.1 Å². The van der Waals surface area contributed by atoms with Gasteiger partial charge in [0.05, 0.1) is 0 Å². The summed E-state index contributed by atoms with van der Waals surface area (Å²) >= 11 is 0. The van der Waals surface area contributed by atoms with Gasteiger partial charge in [0.2, 0.25) is 5.91 Å². The second-order valence-corrected chi connectivity index (χ2v) is 6.97. The van der Waals surface area contributed by atoms with Gasteiger partial charge in [-0.15, -0.1) is 0 Å². The van der Waals surface area contributed by atoms with E-state index < -0.39 is 0 Å². The number of nitrogens with zero attached hydrogens (tertiary/aromatic N) is 2. The molecule has 2 saturated heterocycles. The summed E-state index contributed by atoms with van der Waals surface area (Å²) in [5.41, 5.74) is 0. The predicted octanol–water partition coefficient (Wildman–Crippen LogP) is 1.56. The number of hydrogen-bond acceptors (Lipinski definition) is 3. The lowest BCUT2D eigenvalue weighted by Gasteiger charge is -2.36. The number of rotatable bonds is 4. The van der Waals surface area contributed by atoms with Gasteiger partial charge in [-0.3, -0.25) is 4.79 Å². The van der Waals surface area contributed by atoms with Gasteiger partial charge in [0.1, 0.15) is 0 Å². The van der Waals surface area contributed by atoms with Crippen LogP contribution in [-0.4, -0.2) is 62.0 Å². The predicted molar refractivity (Wildman–Crippen MR) is 82.7 cm³/mol. The van der Waals surface area contributed by atoms with E-state index in [9.17, 15) is 4.79 Å². The van der Waals surface area contributed by atoms with Crippen molar-refractivity contribution in [3.63, 3.8) is 0 Å². The summed E-state index contributed by atoms with van der Waals surface area (Å²) in [6, 6.07) is 0.399. The van der Waals surface area contributed by atoms with Crippen LogP contribution in [0.1, 0.15) is 39.0 Å². The third-order valence-corrected chi connectivity index (χ3v) is 4.91. The van der Waals surface area contributed by atoms with Crippen LogP contribution in [0.3, 0.4) is 0 Å². The van der Waals surface area contributed by atoms with Crippen LogP contribution in [0.15, 0.2) is 0 Å². The van der Waals surface area contributed by atoms with Crippen LogP contribution in [0, 0.1) is 11.8 Å². The normalized spacial score (nSPS) is 28.9. The lowest BCUT2D eigenvalue weighted by atomic mass is 9.89. The van der Waals surface area contributed by atoms with E-state index in [2.05, 4.69) is 36.1 Å². The van der Waals surface area contributed by atoms with Crippen molar-refractivity contribution in [2.24, 2.45) is 11.8 Å². The molecule has 2 aliphatic heterocycles. The average Bonchev–Trinajstić information content (AvgIpc) is 2.41. The Bertz CT molecular complexity index is 311. The van der Waals surface area contributed by atoms with E-state index in [-0.39, 0.29) is 0 Å². The zero-order valence-corrected chi connectivity index (χ0v) is 13.4. The van der Waals surface area contributed by atoms with Crippen molar-refractivity contribution in [2.75, 3.05) is 40.3 Å². The van der Waals surface area contributed by atoms with Crippen molar-refractivity contribution in [1.29, 1.82) is 0 Å². The fourth-order valence-corrected chi connectivity index (χ4v) is 3.59. The number of carbonyl (C=O) groups is 1. The first-order valence-electron chi connectivity index (χ1n) is 8.22. The highest BCUT2D eigenvalue weighted by Gasteiger charge is 2.28. The van der Waals surface area contributed by atoms with Gasteiger partial charge in [0, 0.05) is 32.1 Å². The van der Waals surface area contributed by atoms with Crippen molar-refractivity contribution >= 4 is 5.91 Å². The number of amides is 1. The Hall–Kier alpha value is -0.610. The van der Waals surface area contributed by atoms with E-state index in [1.165, 1.54) is 12.8 Å². The molecule has 0 aromatic rings. The first kappa shape index (κ1) is 15.8. The van der Waals surface area contributed by atoms with Gasteiger partial charge < -0.3 is 15.1 Å². The molecule has 0 saturated carbocycles. The fourth-order valence-electron chi connectivity index (χ4n) is 3.59. The minimum absolute atomic E-state index is 0.361. The van der Waals surface area contributed by atoms with Gasteiger partial charge in [-0.25, -0.2) is 0 Å². The van der Waals surface area contributed by atoms with Gasteiger partial charge in [-0.05, 0) is 58.2 Å². The number of nitrogens with one attached hydrogen (secondary N) is 1. The molecule has 4 heteroatoms.